The molecule has 1 unspecified atom stereocenters. The van der Waals surface area contributed by atoms with Crippen LogP contribution in [0, 0.1) is 11.3 Å². The molecule has 1 amide bonds. The lowest BCUT2D eigenvalue weighted by Gasteiger charge is -2.13. The summed E-state index contributed by atoms with van der Waals surface area (Å²) >= 11 is 0. The molecule has 0 bridgehead atoms. The molecule has 0 spiro atoms. The first-order chi connectivity index (χ1) is 8.78. The monoisotopic (exact) mass is 270 g/mol. The number of hydrogen-bond donors (Lipinski definition) is 1. The van der Waals surface area contributed by atoms with Crippen LogP contribution >= 0.6 is 0 Å². The molecule has 2 rings (SSSR count). The van der Waals surface area contributed by atoms with Gasteiger partial charge in [-0.1, -0.05) is 6.07 Å². The van der Waals surface area contributed by atoms with Gasteiger partial charge in [-0.25, -0.2) is 0 Å². The van der Waals surface area contributed by atoms with Crippen LogP contribution in [0.3, 0.4) is 0 Å². The number of rotatable bonds is 2. The van der Waals surface area contributed by atoms with Crippen molar-refractivity contribution >= 4 is 11.6 Å². The number of ether oxygens (including phenoxy) is 1. The number of anilines is 1. The standard InChI is InChI=1S/C12H9F3N2O2/c1-11(6-19-11)10(18)17-9-4-2-3-8(7(9)5-16)12(13,14)15/h2-4H,6H2,1H3,(H,17,18). The van der Waals surface area contributed by atoms with Crippen LogP contribution in [-0.4, -0.2) is 18.1 Å². The number of hydrogen-bond acceptors (Lipinski definition) is 3. The van der Waals surface area contributed by atoms with Gasteiger partial charge in [0.25, 0.3) is 5.91 Å². The SMILES string of the molecule is CC1(C(=O)Nc2cccc(C(F)(F)F)c2C#N)CO1. The zero-order valence-electron chi connectivity index (χ0n) is 9.84. The van der Waals surface area contributed by atoms with E-state index < -0.39 is 28.8 Å². The summed E-state index contributed by atoms with van der Waals surface area (Å²) in [6.07, 6.45) is -4.65. The molecule has 1 aliphatic rings. The fourth-order valence-electron chi connectivity index (χ4n) is 1.51. The smallest absolute Gasteiger partial charge is 0.359 e. The third kappa shape index (κ3) is 2.53. The Bertz CT molecular complexity index is 571. The molecular formula is C12H9F3N2O2. The highest BCUT2D eigenvalue weighted by atomic mass is 19.4. The zero-order chi connectivity index (χ0) is 14.3. The van der Waals surface area contributed by atoms with Gasteiger partial charge in [0.1, 0.15) is 6.07 Å². The second-order valence-corrected chi connectivity index (χ2v) is 4.31. The molecule has 4 nitrogen and oxygen atoms in total. The third-order valence-electron chi connectivity index (χ3n) is 2.79. The first-order valence-electron chi connectivity index (χ1n) is 5.34. The highest BCUT2D eigenvalue weighted by Gasteiger charge is 2.47. The van der Waals surface area contributed by atoms with Gasteiger partial charge in [0, 0.05) is 0 Å². The summed E-state index contributed by atoms with van der Waals surface area (Å²) in [4.78, 5) is 11.7. The molecule has 1 saturated heterocycles. The number of amides is 1. The Kier molecular flexibility index (Phi) is 2.98. The number of nitriles is 1. The topological polar surface area (TPSA) is 65.4 Å². The van der Waals surface area contributed by atoms with Crippen LogP contribution in [0.25, 0.3) is 0 Å². The Labute approximate surface area is 106 Å². The minimum atomic E-state index is -4.65. The summed E-state index contributed by atoms with van der Waals surface area (Å²) in [5.74, 6) is -0.566. The van der Waals surface area contributed by atoms with Crippen molar-refractivity contribution in [2.75, 3.05) is 11.9 Å². The van der Waals surface area contributed by atoms with Gasteiger partial charge < -0.3 is 10.1 Å². The maximum absolute atomic E-state index is 12.7. The van der Waals surface area contributed by atoms with Gasteiger partial charge in [-0.2, -0.15) is 18.4 Å². The van der Waals surface area contributed by atoms with Crippen molar-refractivity contribution in [2.24, 2.45) is 0 Å². The quantitative estimate of drug-likeness (QED) is 0.838. The lowest BCUT2D eigenvalue weighted by Crippen LogP contribution is -2.28. The second-order valence-electron chi connectivity index (χ2n) is 4.31. The summed E-state index contributed by atoms with van der Waals surface area (Å²) in [6.45, 7) is 1.72. The minimum Gasteiger partial charge on any atom is -0.359 e. The van der Waals surface area contributed by atoms with Crippen molar-refractivity contribution in [3.63, 3.8) is 0 Å². The number of carbonyl (C=O) groups excluding carboxylic acids is 1. The fraction of sp³-hybridized carbons (Fsp3) is 0.333. The third-order valence-corrected chi connectivity index (χ3v) is 2.79. The lowest BCUT2D eigenvalue weighted by atomic mass is 10.1. The molecule has 1 atom stereocenters. The molecule has 0 aliphatic carbocycles. The van der Waals surface area contributed by atoms with Crippen LogP contribution in [-0.2, 0) is 15.7 Å². The van der Waals surface area contributed by atoms with Crippen LogP contribution in [0.15, 0.2) is 18.2 Å². The largest absolute Gasteiger partial charge is 0.417 e. The number of alkyl halides is 3. The number of halogens is 3. The number of epoxide rings is 1. The molecule has 7 heteroatoms. The van der Waals surface area contributed by atoms with Gasteiger partial charge in [0.05, 0.1) is 23.4 Å². The first kappa shape index (κ1) is 13.4. The molecule has 1 aliphatic heterocycles. The first-order valence-corrected chi connectivity index (χ1v) is 5.34. The van der Waals surface area contributed by atoms with Gasteiger partial charge in [0.15, 0.2) is 5.60 Å². The van der Waals surface area contributed by atoms with E-state index in [0.29, 0.717) is 0 Å². The van der Waals surface area contributed by atoms with Crippen LogP contribution in [0.1, 0.15) is 18.1 Å². The van der Waals surface area contributed by atoms with E-state index in [1.54, 1.807) is 0 Å². The molecule has 0 radical (unpaired) electrons. The Morgan fingerprint density at radius 2 is 2.16 bits per heavy atom. The second kappa shape index (κ2) is 4.24. The molecular weight excluding hydrogens is 261 g/mol. The Hall–Kier alpha value is -2.07. The molecule has 1 heterocycles. The number of nitrogens with zero attached hydrogens (tertiary/aromatic N) is 1. The zero-order valence-corrected chi connectivity index (χ0v) is 9.84. The van der Waals surface area contributed by atoms with Gasteiger partial charge in [-0.15, -0.1) is 0 Å². The highest BCUT2D eigenvalue weighted by Crippen LogP contribution is 2.35. The normalized spacial score (nSPS) is 21.6. The van der Waals surface area contributed by atoms with Crippen molar-refractivity contribution in [1.82, 2.24) is 0 Å². The van der Waals surface area contributed by atoms with E-state index in [0.717, 1.165) is 12.1 Å². The number of benzene rings is 1. The predicted octanol–water partition coefficient (Wildman–Crippen LogP) is 2.30. The molecule has 1 fully saturated rings. The minimum absolute atomic E-state index is 0.168. The molecule has 0 saturated carbocycles. The maximum Gasteiger partial charge on any atom is 0.417 e. The predicted molar refractivity (Wildman–Crippen MR) is 59.1 cm³/mol. The van der Waals surface area contributed by atoms with Gasteiger partial charge in [0.2, 0.25) is 0 Å². The summed E-state index contributed by atoms with van der Waals surface area (Å²) < 4.78 is 43.0. The Morgan fingerprint density at radius 3 is 2.63 bits per heavy atom. The molecule has 1 aromatic carbocycles. The summed E-state index contributed by atoms with van der Waals surface area (Å²) in [6, 6.07) is 4.65. The van der Waals surface area contributed by atoms with E-state index >= 15 is 0 Å². The number of nitrogens with one attached hydrogen (secondary N) is 1. The van der Waals surface area contributed by atoms with E-state index in [4.69, 9.17) is 10.00 Å². The molecule has 1 aromatic rings. The summed E-state index contributed by atoms with van der Waals surface area (Å²) in [5.41, 5.74) is -2.86. The summed E-state index contributed by atoms with van der Waals surface area (Å²) in [7, 11) is 0. The average molecular weight is 270 g/mol. The molecule has 0 aromatic heterocycles. The Morgan fingerprint density at radius 1 is 1.53 bits per heavy atom. The van der Waals surface area contributed by atoms with E-state index in [-0.39, 0.29) is 12.3 Å². The van der Waals surface area contributed by atoms with Crippen molar-refractivity contribution in [1.29, 1.82) is 5.26 Å². The highest BCUT2D eigenvalue weighted by molar-refractivity contribution is 5.99. The summed E-state index contributed by atoms with van der Waals surface area (Å²) in [5, 5.41) is 11.2. The molecule has 100 valence electrons. The van der Waals surface area contributed by atoms with Crippen molar-refractivity contribution in [3.05, 3.63) is 29.3 Å². The van der Waals surface area contributed by atoms with E-state index in [1.165, 1.54) is 19.1 Å². The fourth-order valence-corrected chi connectivity index (χ4v) is 1.51. The van der Waals surface area contributed by atoms with Crippen LogP contribution in [0.2, 0.25) is 0 Å². The lowest BCUT2D eigenvalue weighted by molar-refractivity contribution is -0.137. The Balaban J connectivity index is 2.36. The average Bonchev–Trinajstić information content (AvgIpc) is 3.07. The van der Waals surface area contributed by atoms with E-state index in [9.17, 15) is 18.0 Å². The van der Waals surface area contributed by atoms with E-state index in [1.807, 2.05) is 0 Å². The van der Waals surface area contributed by atoms with Crippen LogP contribution in [0.4, 0.5) is 18.9 Å². The van der Waals surface area contributed by atoms with Crippen molar-refractivity contribution < 1.29 is 22.7 Å². The molecule has 19 heavy (non-hydrogen) atoms. The van der Waals surface area contributed by atoms with E-state index in [2.05, 4.69) is 5.32 Å². The van der Waals surface area contributed by atoms with Gasteiger partial charge in [-0.05, 0) is 19.1 Å². The van der Waals surface area contributed by atoms with Crippen molar-refractivity contribution in [2.45, 2.75) is 18.7 Å². The van der Waals surface area contributed by atoms with Gasteiger partial charge >= 0.3 is 6.18 Å². The van der Waals surface area contributed by atoms with Crippen molar-refractivity contribution in [3.8, 4) is 6.07 Å². The van der Waals surface area contributed by atoms with Crippen LogP contribution < -0.4 is 5.32 Å². The maximum atomic E-state index is 12.7. The van der Waals surface area contributed by atoms with Gasteiger partial charge in [-0.3, -0.25) is 4.79 Å². The number of carbonyl (C=O) groups is 1. The molecule has 1 N–H and O–H groups in total. The van der Waals surface area contributed by atoms with Crippen LogP contribution in [0.5, 0.6) is 0 Å².